The van der Waals surface area contributed by atoms with Crippen LogP contribution in [0.4, 0.5) is 5.69 Å². The Hall–Kier alpha value is -2.36. The van der Waals surface area contributed by atoms with Crippen LogP contribution in [-0.2, 0) is 6.54 Å². The summed E-state index contributed by atoms with van der Waals surface area (Å²) in [6, 6.07) is 10.1. The number of rotatable bonds is 8. The van der Waals surface area contributed by atoms with Crippen LogP contribution in [0.1, 0.15) is 48.2 Å². The average molecular weight is 325 g/mol. The fraction of sp³-hybridized carbons (Fsp3) is 0.400. The minimum absolute atomic E-state index is 0.0844. The topological polar surface area (TPSA) is 45.2 Å². The molecule has 0 spiro atoms. The molecule has 1 aromatic heterocycles. The van der Waals surface area contributed by atoms with Crippen molar-refractivity contribution in [2.45, 2.75) is 40.2 Å². The molecule has 0 aliphatic heterocycles. The van der Waals surface area contributed by atoms with Crippen molar-refractivity contribution in [3.63, 3.8) is 0 Å². The first-order valence-electron chi connectivity index (χ1n) is 8.67. The third-order valence-corrected chi connectivity index (χ3v) is 3.87. The summed E-state index contributed by atoms with van der Waals surface area (Å²) >= 11 is 0. The number of benzene rings is 1. The fourth-order valence-electron chi connectivity index (χ4n) is 2.74. The number of hydrogen-bond acceptors (Lipinski definition) is 3. The number of hydrogen-bond donors (Lipinski definition) is 1. The van der Waals surface area contributed by atoms with E-state index in [1.54, 1.807) is 6.20 Å². The number of anilines is 1. The van der Waals surface area contributed by atoms with Crippen molar-refractivity contribution in [3.8, 4) is 0 Å². The zero-order valence-electron chi connectivity index (χ0n) is 14.9. The number of amides is 1. The van der Waals surface area contributed by atoms with Crippen LogP contribution in [0.5, 0.6) is 0 Å². The Labute approximate surface area is 144 Å². The zero-order chi connectivity index (χ0) is 17.4. The van der Waals surface area contributed by atoms with E-state index in [0.29, 0.717) is 12.1 Å². The molecule has 1 heterocycles. The first-order valence-corrected chi connectivity index (χ1v) is 8.67. The molecule has 4 nitrogen and oxygen atoms in total. The van der Waals surface area contributed by atoms with Gasteiger partial charge in [-0.2, -0.15) is 0 Å². The van der Waals surface area contributed by atoms with Crippen molar-refractivity contribution in [2.24, 2.45) is 0 Å². The van der Waals surface area contributed by atoms with E-state index >= 15 is 0 Å². The van der Waals surface area contributed by atoms with Crippen molar-refractivity contribution in [2.75, 3.05) is 18.0 Å². The average Bonchev–Trinajstić information content (AvgIpc) is 2.60. The monoisotopic (exact) mass is 325 g/mol. The van der Waals surface area contributed by atoms with Crippen LogP contribution >= 0.6 is 0 Å². The Morgan fingerprint density at radius 1 is 1.12 bits per heavy atom. The van der Waals surface area contributed by atoms with E-state index in [0.717, 1.165) is 37.2 Å². The molecule has 0 aliphatic carbocycles. The molecule has 2 rings (SSSR count). The van der Waals surface area contributed by atoms with E-state index in [4.69, 9.17) is 0 Å². The van der Waals surface area contributed by atoms with Gasteiger partial charge >= 0.3 is 0 Å². The highest BCUT2D eigenvalue weighted by Crippen LogP contribution is 2.16. The van der Waals surface area contributed by atoms with Gasteiger partial charge in [-0.05, 0) is 31.4 Å². The lowest BCUT2D eigenvalue weighted by Gasteiger charge is -2.23. The first-order chi connectivity index (χ1) is 11.6. The van der Waals surface area contributed by atoms with Gasteiger partial charge in [-0.1, -0.05) is 43.7 Å². The molecule has 0 aliphatic rings. The Kier molecular flexibility index (Phi) is 6.79. The highest BCUT2D eigenvalue weighted by Gasteiger charge is 2.10. The van der Waals surface area contributed by atoms with E-state index in [1.165, 1.54) is 5.56 Å². The van der Waals surface area contributed by atoms with E-state index in [9.17, 15) is 4.79 Å². The summed E-state index contributed by atoms with van der Waals surface area (Å²) in [4.78, 5) is 19.0. The second-order valence-corrected chi connectivity index (χ2v) is 6.09. The summed E-state index contributed by atoms with van der Waals surface area (Å²) in [6.07, 6.45) is 5.61. The van der Waals surface area contributed by atoms with Gasteiger partial charge < -0.3 is 10.2 Å². The van der Waals surface area contributed by atoms with Gasteiger partial charge in [-0.15, -0.1) is 0 Å². The molecule has 1 aromatic carbocycles. The first kappa shape index (κ1) is 18.0. The normalized spacial score (nSPS) is 10.5. The number of pyridine rings is 1. The van der Waals surface area contributed by atoms with Crippen molar-refractivity contribution in [1.82, 2.24) is 10.3 Å². The Morgan fingerprint density at radius 2 is 1.88 bits per heavy atom. The molecular formula is C20H27N3O. The van der Waals surface area contributed by atoms with Gasteiger partial charge in [0.1, 0.15) is 0 Å². The van der Waals surface area contributed by atoms with Gasteiger partial charge in [0.2, 0.25) is 0 Å². The summed E-state index contributed by atoms with van der Waals surface area (Å²) in [5.41, 5.74) is 3.92. The molecule has 0 saturated carbocycles. The predicted octanol–water partition coefficient (Wildman–Crippen LogP) is 3.95. The lowest BCUT2D eigenvalue weighted by Crippen LogP contribution is -2.26. The molecule has 1 N–H and O–H groups in total. The maximum absolute atomic E-state index is 12.4. The van der Waals surface area contributed by atoms with Gasteiger partial charge in [0.05, 0.1) is 17.4 Å². The van der Waals surface area contributed by atoms with Crippen LogP contribution in [0.3, 0.4) is 0 Å². The Morgan fingerprint density at radius 3 is 2.54 bits per heavy atom. The highest BCUT2D eigenvalue weighted by molar-refractivity contribution is 5.94. The van der Waals surface area contributed by atoms with Gasteiger partial charge in [-0.3, -0.25) is 9.78 Å². The second-order valence-electron chi connectivity index (χ2n) is 6.09. The van der Waals surface area contributed by atoms with Crippen LogP contribution in [0, 0.1) is 6.92 Å². The van der Waals surface area contributed by atoms with E-state index < -0.39 is 0 Å². The smallest absolute Gasteiger partial charge is 0.253 e. The lowest BCUT2D eigenvalue weighted by atomic mass is 10.1. The molecular weight excluding hydrogens is 298 g/mol. The van der Waals surface area contributed by atoms with Crippen molar-refractivity contribution < 1.29 is 4.79 Å². The molecule has 0 atom stereocenters. The SMILES string of the molecule is CCCN(CCC)c1cncc(C(=O)NCc2cccc(C)c2)c1. The molecule has 0 saturated heterocycles. The summed E-state index contributed by atoms with van der Waals surface area (Å²) in [7, 11) is 0. The summed E-state index contributed by atoms with van der Waals surface area (Å²) in [5.74, 6) is -0.0844. The Balaban J connectivity index is 2.05. The number of carbonyl (C=O) groups is 1. The lowest BCUT2D eigenvalue weighted by molar-refractivity contribution is 0.0950. The van der Waals surface area contributed by atoms with Crippen molar-refractivity contribution >= 4 is 11.6 Å². The van der Waals surface area contributed by atoms with Crippen molar-refractivity contribution in [3.05, 3.63) is 59.4 Å². The summed E-state index contributed by atoms with van der Waals surface area (Å²) < 4.78 is 0. The number of aryl methyl sites for hydroxylation is 1. The second kappa shape index (κ2) is 9.06. The number of aromatic nitrogens is 1. The van der Waals surface area contributed by atoms with Gasteiger partial charge in [-0.25, -0.2) is 0 Å². The molecule has 0 unspecified atom stereocenters. The molecule has 2 aromatic rings. The van der Waals surface area contributed by atoms with Crippen LogP contribution in [0.2, 0.25) is 0 Å². The van der Waals surface area contributed by atoms with Gasteiger partial charge in [0.25, 0.3) is 5.91 Å². The van der Waals surface area contributed by atoms with E-state index in [-0.39, 0.29) is 5.91 Å². The molecule has 0 bridgehead atoms. The number of nitrogens with one attached hydrogen (secondary N) is 1. The molecule has 1 amide bonds. The molecule has 24 heavy (non-hydrogen) atoms. The number of nitrogens with zero attached hydrogens (tertiary/aromatic N) is 2. The van der Waals surface area contributed by atoms with Crippen LogP contribution in [0.15, 0.2) is 42.7 Å². The van der Waals surface area contributed by atoms with Gasteiger partial charge in [0, 0.05) is 25.8 Å². The Bertz CT molecular complexity index is 663. The summed E-state index contributed by atoms with van der Waals surface area (Å²) in [6.45, 7) is 8.85. The third-order valence-electron chi connectivity index (χ3n) is 3.87. The van der Waals surface area contributed by atoms with E-state index in [2.05, 4.69) is 48.1 Å². The number of carbonyl (C=O) groups excluding carboxylic acids is 1. The standard InChI is InChI=1S/C20H27N3O/c1-4-9-23(10-5-2)19-12-18(14-21-15-19)20(24)22-13-17-8-6-7-16(3)11-17/h6-8,11-12,14-15H,4-5,9-10,13H2,1-3H3,(H,22,24). The van der Waals surface area contributed by atoms with Crippen LogP contribution in [-0.4, -0.2) is 24.0 Å². The minimum atomic E-state index is -0.0844. The third kappa shape index (κ3) is 5.08. The van der Waals surface area contributed by atoms with Crippen LogP contribution in [0.25, 0.3) is 0 Å². The maximum Gasteiger partial charge on any atom is 0.253 e. The fourth-order valence-corrected chi connectivity index (χ4v) is 2.74. The van der Waals surface area contributed by atoms with Crippen LogP contribution < -0.4 is 10.2 Å². The maximum atomic E-state index is 12.4. The highest BCUT2D eigenvalue weighted by atomic mass is 16.1. The molecule has 0 fully saturated rings. The summed E-state index contributed by atoms with van der Waals surface area (Å²) in [5, 5.41) is 2.98. The van der Waals surface area contributed by atoms with E-state index in [1.807, 2.05) is 24.4 Å². The zero-order valence-corrected chi connectivity index (χ0v) is 14.9. The van der Waals surface area contributed by atoms with Crippen molar-refractivity contribution in [1.29, 1.82) is 0 Å². The molecule has 0 radical (unpaired) electrons. The predicted molar refractivity (Wildman–Crippen MR) is 99.4 cm³/mol. The molecule has 4 heteroatoms. The minimum Gasteiger partial charge on any atom is -0.370 e. The largest absolute Gasteiger partial charge is 0.370 e. The quantitative estimate of drug-likeness (QED) is 0.799. The molecule has 128 valence electrons. The van der Waals surface area contributed by atoms with Gasteiger partial charge in [0.15, 0.2) is 0 Å².